The van der Waals surface area contributed by atoms with Gasteiger partial charge in [0.2, 0.25) is 0 Å². The van der Waals surface area contributed by atoms with Gasteiger partial charge in [-0.05, 0) is 30.0 Å². The Bertz CT molecular complexity index is 476. The Morgan fingerprint density at radius 1 is 1.33 bits per heavy atom. The molecule has 0 aliphatic heterocycles. The summed E-state index contributed by atoms with van der Waals surface area (Å²) in [5.41, 5.74) is 8.09. The first-order valence-corrected chi connectivity index (χ1v) is 7.98. The number of nitrogens with one attached hydrogen (secondary N) is 1. The van der Waals surface area contributed by atoms with E-state index in [2.05, 4.69) is 34.1 Å². The third kappa shape index (κ3) is 3.62. The van der Waals surface area contributed by atoms with E-state index in [0.717, 1.165) is 36.6 Å². The fourth-order valence-electron chi connectivity index (χ4n) is 1.81. The normalized spacial score (nSPS) is 11.0. The van der Waals surface area contributed by atoms with Crippen LogP contribution in [0.1, 0.15) is 28.1 Å². The molecule has 2 aromatic rings. The first-order chi connectivity index (χ1) is 8.83. The molecule has 0 fully saturated rings. The lowest BCUT2D eigenvalue weighted by Crippen LogP contribution is -2.13. The van der Waals surface area contributed by atoms with Crippen LogP contribution >= 0.6 is 22.7 Å². The zero-order chi connectivity index (χ0) is 12.8. The van der Waals surface area contributed by atoms with Gasteiger partial charge in [-0.15, -0.1) is 22.7 Å². The third-order valence-corrected chi connectivity index (χ3v) is 4.69. The van der Waals surface area contributed by atoms with Crippen molar-refractivity contribution in [1.29, 1.82) is 0 Å². The summed E-state index contributed by atoms with van der Waals surface area (Å²) in [6.45, 7) is 4.65. The van der Waals surface area contributed by atoms with Gasteiger partial charge >= 0.3 is 0 Å². The smallest absolute Gasteiger partial charge is 0.0941 e. The van der Waals surface area contributed by atoms with E-state index in [1.807, 2.05) is 11.3 Å². The van der Waals surface area contributed by atoms with Gasteiger partial charge in [-0.1, -0.05) is 6.92 Å². The van der Waals surface area contributed by atoms with Gasteiger partial charge in [-0.2, -0.15) is 0 Å². The summed E-state index contributed by atoms with van der Waals surface area (Å²) in [6, 6.07) is 2.21. The van der Waals surface area contributed by atoms with E-state index in [9.17, 15) is 0 Å². The first kappa shape index (κ1) is 13.7. The highest BCUT2D eigenvalue weighted by Gasteiger charge is 2.04. The van der Waals surface area contributed by atoms with Crippen LogP contribution in [0.5, 0.6) is 0 Å². The standard InChI is InChI=1S/C13H19N3S2/c1-2-10-4-6-17-12(10)8-15-7-11-9-18-13(16-11)3-5-14/h4,6,9,15H,2-3,5,7-8,14H2,1H3. The number of aromatic nitrogens is 1. The molecule has 0 atom stereocenters. The molecule has 2 heterocycles. The number of thiophene rings is 1. The number of nitrogens with two attached hydrogens (primary N) is 1. The van der Waals surface area contributed by atoms with Crippen LogP contribution < -0.4 is 11.1 Å². The minimum absolute atomic E-state index is 0.676. The largest absolute Gasteiger partial charge is 0.330 e. The van der Waals surface area contributed by atoms with Gasteiger partial charge in [0.1, 0.15) is 0 Å². The Hall–Kier alpha value is -0.750. The van der Waals surface area contributed by atoms with Gasteiger partial charge in [0, 0.05) is 29.8 Å². The van der Waals surface area contributed by atoms with Crippen molar-refractivity contribution in [2.45, 2.75) is 32.9 Å². The quantitative estimate of drug-likeness (QED) is 0.820. The van der Waals surface area contributed by atoms with Crippen LogP contribution in [0.15, 0.2) is 16.8 Å². The lowest BCUT2D eigenvalue weighted by atomic mass is 10.2. The maximum Gasteiger partial charge on any atom is 0.0941 e. The molecule has 3 nitrogen and oxygen atoms in total. The fourth-order valence-corrected chi connectivity index (χ4v) is 3.57. The van der Waals surface area contributed by atoms with E-state index in [0.29, 0.717) is 6.54 Å². The summed E-state index contributed by atoms with van der Waals surface area (Å²) in [7, 11) is 0. The lowest BCUT2D eigenvalue weighted by molar-refractivity contribution is 0.683. The molecule has 0 saturated carbocycles. The molecule has 0 saturated heterocycles. The van der Waals surface area contributed by atoms with Crippen molar-refractivity contribution >= 4 is 22.7 Å². The second-order valence-electron chi connectivity index (χ2n) is 4.10. The summed E-state index contributed by atoms with van der Waals surface area (Å²) in [5, 5.41) is 8.88. The Balaban J connectivity index is 1.81. The van der Waals surface area contributed by atoms with Gasteiger partial charge < -0.3 is 11.1 Å². The van der Waals surface area contributed by atoms with E-state index in [1.165, 1.54) is 10.4 Å². The Labute approximate surface area is 116 Å². The van der Waals surface area contributed by atoms with Crippen molar-refractivity contribution in [3.05, 3.63) is 38.0 Å². The van der Waals surface area contributed by atoms with Crippen LogP contribution in [0.2, 0.25) is 0 Å². The van der Waals surface area contributed by atoms with Crippen LogP contribution in [0.4, 0.5) is 0 Å². The average molecular weight is 281 g/mol. The van der Waals surface area contributed by atoms with Crippen molar-refractivity contribution in [3.8, 4) is 0 Å². The number of nitrogens with zero attached hydrogens (tertiary/aromatic N) is 1. The monoisotopic (exact) mass is 281 g/mol. The van der Waals surface area contributed by atoms with Crippen molar-refractivity contribution in [1.82, 2.24) is 10.3 Å². The summed E-state index contributed by atoms with van der Waals surface area (Å²) in [5.74, 6) is 0. The van der Waals surface area contributed by atoms with Crippen LogP contribution in [-0.4, -0.2) is 11.5 Å². The first-order valence-electron chi connectivity index (χ1n) is 6.22. The minimum atomic E-state index is 0.676. The molecule has 98 valence electrons. The molecule has 2 aromatic heterocycles. The molecule has 3 N–H and O–H groups in total. The maximum atomic E-state index is 5.52. The van der Waals surface area contributed by atoms with Gasteiger partial charge in [-0.25, -0.2) is 4.98 Å². The molecule has 0 aliphatic rings. The number of hydrogen-bond acceptors (Lipinski definition) is 5. The van der Waals surface area contributed by atoms with Gasteiger partial charge in [-0.3, -0.25) is 0 Å². The predicted molar refractivity (Wildman–Crippen MR) is 79.1 cm³/mol. The summed E-state index contributed by atoms with van der Waals surface area (Å²) in [6.07, 6.45) is 1.99. The molecule has 18 heavy (non-hydrogen) atoms. The number of aryl methyl sites for hydroxylation is 1. The molecule has 0 radical (unpaired) electrons. The summed E-state index contributed by atoms with van der Waals surface area (Å²) >= 11 is 3.53. The Kier molecular flexibility index (Phi) is 5.31. The van der Waals surface area contributed by atoms with Crippen molar-refractivity contribution in [3.63, 3.8) is 0 Å². The summed E-state index contributed by atoms with van der Waals surface area (Å²) in [4.78, 5) is 5.98. The van der Waals surface area contributed by atoms with Gasteiger partial charge in [0.25, 0.3) is 0 Å². The molecule has 0 spiro atoms. The molecular formula is C13H19N3S2. The second kappa shape index (κ2) is 6.99. The minimum Gasteiger partial charge on any atom is -0.330 e. The molecular weight excluding hydrogens is 262 g/mol. The number of rotatable bonds is 7. The SMILES string of the molecule is CCc1ccsc1CNCc1csc(CCN)n1. The van der Waals surface area contributed by atoms with Gasteiger partial charge in [0.15, 0.2) is 0 Å². The average Bonchev–Trinajstić information content (AvgIpc) is 2.99. The van der Waals surface area contributed by atoms with E-state index < -0.39 is 0 Å². The van der Waals surface area contributed by atoms with Crippen molar-refractivity contribution in [2.24, 2.45) is 5.73 Å². The molecule has 2 rings (SSSR count). The second-order valence-corrected chi connectivity index (χ2v) is 6.04. The highest BCUT2D eigenvalue weighted by Crippen LogP contribution is 2.17. The van der Waals surface area contributed by atoms with E-state index >= 15 is 0 Å². The molecule has 0 aliphatic carbocycles. The van der Waals surface area contributed by atoms with E-state index in [1.54, 1.807) is 11.3 Å². The predicted octanol–water partition coefficient (Wildman–Crippen LogP) is 2.56. The summed E-state index contributed by atoms with van der Waals surface area (Å²) < 4.78 is 0. The van der Waals surface area contributed by atoms with E-state index in [-0.39, 0.29) is 0 Å². The zero-order valence-electron chi connectivity index (χ0n) is 10.6. The van der Waals surface area contributed by atoms with Crippen LogP contribution in [0.25, 0.3) is 0 Å². The molecule has 0 amide bonds. The highest BCUT2D eigenvalue weighted by molar-refractivity contribution is 7.10. The van der Waals surface area contributed by atoms with Crippen LogP contribution in [0, 0.1) is 0 Å². The highest BCUT2D eigenvalue weighted by atomic mass is 32.1. The zero-order valence-corrected chi connectivity index (χ0v) is 12.2. The third-order valence-electron chi connectivity index (χ3n) is 2.77. The van der Waals surface area contributed by atoms with Gasteiger partial charge in [0.05, 0.1) is 10.7 Å². The molecule has 0 bridgehead atoms. The number of hydrogen-bond donors (Lipinski definition) is 2. The fraction of sp³-hybridized carbons (Fsp3) is 0.462. The van der Waals surface area contributed by atoms with Crippen molar-refractivity contribution in [2.75, 3.05) is 6.54 Å². The maximum absolute atomic E-state index is 5.52. The van der Waals surface area contributed by atoms with Crippen LogP contribution in [-0.2, 0) is 25.9 Å². The topological polar surface area (TPSA) is 50.9 Å². The van der Waals surface area contributed by atoms with E-state index in [4.69, 9.17) is 5.73 Å². The molecule has 0 aromatic carbocycles. The molecule has 5 heteroatoms. The van der Waals surface area contributed by atoms with Crippen molar-refractivity contribution < 1.29 is 0 Å². The molecule has 0 unspecified atom stereocenters. The Morgan fingerprint density at radius 3 is 3.00 bits per heavy atom. The van der Waals surface area contributed by atoms with Crippen LogP contribution in [0.3, 0.4) is 0 Å². The lowest BCUT2D eigenvalue weighted by Gasteiger charge is -2.03. The number of thiazole rings is 1. The Morgan fingerprint density at radius 2 is 2.22 bits per heavy atom.